The molecule has 0 fully saturated rings. The van der Waals surface area contributed by atoms with Gasteiger partial charge in [-0.25, -0.2) is 0 Å². The van der Waals surface area contributed by atoms with Gasteiger partial charge in [-0.1, -0.05) is 26.8 Å². The Labute approximate surface area is 74.8 Å². The Morgan fingerprint density at radius 2 is 1.92 bits per heavy atom. The second-order valence-corrected chi connectivity index (χ2v) is 4.61. The summed E-state index contributed by atoms with van der Waals surface area (Å²) in [6.45, 7) is 8.82. The minimum absolute atomic E-state index is 0.357. The maximum atomic E-state index is 4.17. The van der Waals surface area contributed by atoms with Crippen LogP contribution in [0.3, 0.4) is 0 Å². The van der Waals surface area contributed by atoms with Gasteiger partial charge in [-0.3, -0.25) is 4.98 Å². The fraction of sp³-hybridized carbons (Fsp3) is 0.545. The molecule has 0 aliphatic heterocycles. The van der Waals surface area contributed by atoms with Gasteiger partial charge in [0.15, 0.2) is 0 Å². The minimum Gasteiger partial charge on any atom is -0.264 e. The lowest BCUT2D eigenvalue weighted by molar-refractivity contribution is 0.410. The van der Waals surface area contributed by atoms with Crippen LogP contribution in [0.25, 0.3) is 0 Å². The Morgan fingerprint density at radius 3 is 2.42 bits per heavy atom. The largest absolute Gasteiger partial charge is 0.264 e. The van der Waals surface area contributed by atoms with E-state index in [9.17, 15) is 0 Å². The second kappa shape index (κ2) is 3.26. The van der Waals surface area contributed by atoms with E-state index in [4.69, 9.17) is 0 Å². The molecule has 0 unspecified atom stereocenters. The van der Waals surface area contributed by atoms with Crippen LogP contribution in [-0.4, -0.2) is 4.98 Å². The molecule has 0 aliphatic carbocycles. The number of hydrogen-bond donors (Lipinski definition) is 0. The van der Waals surface area contributed by atoms with Crippen molar-refractivity contribution in [2.45, 2.75) is 34.1 Å². The first-order valence-electron chi connectivity index (χ1n) is 4.38. The SMILES string of the molecule is Cc1cncc(CC(C)(C)C)c1. The maximum Gasteiger partial charge on any atom is 0.0300 e. The fourth-order valence-corrected chi connectivity index (χ4v) is 1.33. The van der Waals surface area contributed by atoms with Crippen molar-refractivity contribution in [3.05, 3.63) is 29.6 Å². The summed E-state index contributed by atoms with van der Waals surface area (Å²) in [7, 11) is 0. The number of nitrogens with zero attached hydrogens (tertiary/aromatic N) is 1. The van der Waals surface area contributed by atoms with E-state index < -0.39 is 0 Å². The molecular weight excluding hydrogens is 146 g/mol. The molecule has 0 amide bonds. The molecule has 0 aromatic carbocycles. The molecule has 1 aromatic heterocycles. The van der Waals surface area contributed by atoms with Gasteiger partial charge in [0, 0.05) is 12.4 Å². The third-order valence-electron chi connectivity index (χ3n) is 1.67. The van der Waals surface area contributed by atoms with Crippen LogP contribution in [0, 0.1) is 12.3 Å². The third-order valence-corrected chi connectivity index (χ3v) is 1.67. The van der Waals surface area contributed by atoms with Crippen molar-refractivity contribution in [2.75, 3.05) is 0 Å². The number of rotatable bonds is 1. The van der Waals surface area contributed by atoms with E-state index in [1.165, 1.54) is 11.1 Å². The summed E-state index contributed by atoms with van der Waals surface area (Å²) in [6, 6.07) is 2.21. The number of pyridine rings is 1. The van der Waals surface area contributed by atoms with Crippen molar-refractivity contribution < 1.29 is 0 Å². The zero-order valence-corrected chi connectivity index (χ0v) is 8.39. The molecule has 1 aromatic rings. The summed E-state index contributed by atoms with van der Waals surface area (Å²) in [6.07, 6.45) is 4.95. The summed E-state index contributed by atoms with van der Waals surface area (Å²) in [5, 5.41) is 0. The van der Waals surface area contributed by atoms with E-state index in [1.807, 2.05) is 12.4 Å². The molecule has 12 heavy (non-hydrogen) atoms. The Balaban J connectivity index is 2.77. The van der Waals surface area contributed by atoms with Crippen LogP contribution in [0.5, 0.6) is 0 Å². The van der Waals surface area contributed by atoms with Gasteiger partial charge in [-0.2, -0.15) is 0 Å². The number of aromatic nitrogens is 1. The summed E-state index contributed by atoms with van der Waals surface area (Å²) >= 11 is 0. The Hall–Kier alpha value is -0.850. The molecule has 0 bridgehead atoms. The first-order chi connectivity index (χ1) is 5.47. The second-order valence-electron chi connectivity index (χ2n) is 4.61. The van der Waals surface area contributed by atoms with Crippen LogP contribution >= 0.6 is 0 Å². The number of hydrogen-bond acceptors (Lipinski definition) is 1. The average Bonchev–Trinajstić information content (AvgIpc) is 1.82. The van der Waals surface area contributed by atoms with Gasteiger partial charge in [0.1, 0.15) is 0 Å². The Kier molecular flexibility index (Phi) is 2.51. The van der Waals surface area contributed by atoms with E-state index in [-0.39, 0.29) is 0 Å². The van der Waals surface area contributed by atoms with Gasteiger partial charge < -0.3 is 0 Å². The van der Waals surface area contributed by atoms with E-state index in [2.05, 4.69) is 38.7 Å². The molecule has 0 radical (unpaired) electrons. The molecular formula is C11H17N. The lowest BCUT2D eigenvalue weighted by Crippen LogP contribution is -2.09. The van der Waals surface area contributed by atoms with Crippen molar-refractivity contribution in [1.29, 1.82) is 0 Å². The average molecular weight is 163 g/mol. The summed E-state index contributed by atoms with van der Waals surface area (Å²) < 4.78 is 0. The quantitative estimate of drug-likeness (QED) is 0.620. The topological polar surface area (TPSA) is 12.9 Å². The van der Waals surface area contributed by atoms with Crippen LogP contribution in [0.2, 0.25) is 0 Å². The molecule has 0 saturated carbocycles. The Bertz CT molecular complexity index is 258. The highest BCUT2D eigenvalue weighted by Gasteiger charge is 2.10. The number of aryl methyl sites for hydroxylation is 1. The standard InChI is InChI=1S/C11H17N/c1-9-5-10(8-12-7-9)6-11(2,3)4/h5,7-8H,6H2,1-4H3. The highest BCUT2D eigenvalue weighted by molar-refractivity contribution is 5.17. The molecule has 0 aliphatic rings. The predicted molar refractivity (Wildman–Crippen MR) is 52.1 cm³/mol. The smallest absolute Gasteiger partial charge is 0.0300 e. The van der Waals surface area contributed by atoms with E-state index in [0.29, 0.717) is 5.41 Å². The van der Waals surface area contributed by atoms with Gasteiger partial charge in [0.25, 0.3) is 0 Å². The van der Waals surface area contributed by atoms with Gasteiger partial charge in [-0.15, -0.1) is 0 Å². The van der Waals surface area contributed by atoms with Crippen LogP contribution in [0.1, 0.15) is 31.9 Å². The molecule has 1 heterocycles. The summed E-state index contributed by atoms with van der Waals surface area (Å²) in [4.78, 5) is 4.17. The van der Waals surface area contributed by atoms with Crippen molar-refractivity contribution in [3.8, 4) is 0 Å². The van der Waals surface area contributed by atoms with Gasteiger partial charge in [0.05, 0.1) is 0 Å². The van der Waals surface area contributed by atoms with Gasteiger partial charge in [-0.05, 0) is 29.9 Å². The summed E-state index contributed by atoms with van der Waals surface area (Å²) in [5.41, 5.74) is 2.94. The monoisotopic (exact) mass is 163 g/mol. The van der Waals surface area contributed by atoms with Crippen LogP contribution in [-0.2, 0) is 6.42 Å². The maximum absolute atomic E-state index is 4.17. The molecule has 0 N–H and O–H groups in total. The van der Waals surface area contributed by atoms with E-state index in [1.54, 1.807) is 0 Å². The minimum atomic E-state index is 0.357. The van der Waals surface area contributed by atoms with E-state index in [0.717, 1.165) is 6.42 Å². The van der Waals surface area contributed by atoms with Gasteiger partial charge >= 0.3 is 0 Å². The van der Waals surface area contributed by atoms with E-state index >= 15 is 0 Å². The van der Waals surface area contributed by atoms with Crippen LogP contribution < -0.4 is 0 Å². The zero-order chi connectivity index (χ0) is 9.19. The molecule has 1 nitrogen and oxygen atoms in total. The lowest BCUT2D eigenvalue weighted by Gasteiger charge is -2.17. The predicted octanol–water partition coefficient (Wildman–Crippen LogP) is 2.98. The lowest BCUT2D eigenvalue weighted by atomic mass is 9.88. The highest BCUT2D eigenvalue weighted by Crippen LogP contribution is 2.20. The van der Waals surface area contributed by atoms with Crippen molar-refractivity contribution in [3.63, 3.8) is 0 Å². The highest BCUT2D eigenvalue weighted by atomic mass is 14.6. The molecule has 0 atom stereocenters. The normalized spacial score (nSPS) is 11.7. The van der Waals surface area contributed by atoms with Crippen LogP contribution in [0.4, 0.5) is 0 Å². The zero-order valence-electron chi connectivity index (χ0n) is 8.39. The molecule has 0 spiro atoms. The third kappa shape index (κ3) is 3.04. The van der Waals surface area contributed by atoms with Crippen molar-refractivity contribution in [1.82, 2.24) is 4.98 Å². The van der Waals surface area contributed by atoms with Crippen molar-refractivity contribution in [2.24, 2.45) is 5.41 Å². The first-order valence-corrected chi connectivity index (χ1v) is 4.38. The summed E-state index contributed by atoms with van der Waals surface area (Å²) in [5.74, 6) is 0. The molecule has 1 rings (SSSR count). The van der Waals surface area contributed by atoms with Crippen molar-refractivity contribution >= 4 is 0 Å². The molecule has 1 heteroatoms. The first kappa shape index (κ1) is 9.24. The Morgan fingerprint density at radius 1 is 1.25 bits per heavy atom. The molecule has 66 valence electrons. The molecule has 0 saturated heterocycles. The fourth-order valence-electron chi connectivity index (χ4n) is 1.33. The van der Waals surface area contributed by atoms with Crippen LogP contribution in [0.15, 0.2) is 18.5 Å². The van der Waals surface area contributed by atoms with Gasteiger partial charge in [0.2, 0.25) is 0 Å².